The van der Waals surface area contributed by atoms with E-state index in [1.165, 1.54) is 6.20 Å². The Hall–Kier alpha value is -1.36. The average molecular weight is 223 g/mol. The van der Waals surface area contributed by atoms with Crippen LogP contribution in [0.4, 0.5) is 0 Å². The fourth-order valence-corrected chi connectivity index (χ4v) is 2.10. The third-order valence-electron chi connectivity index (χ3n) is 3.10. The van der Waals surface area contributed by atoms with Crippen molar-refractivity contribution in [3.8, 4) is 0 Å². The monoisotopic (exact) mass is 223 g/mol. The molecule has 0 spiro atoms. The molecule has 1 aliphatic carbocycles. The fraction of sp³-hybridized carbons (Fsp3) is 0.636. The van der Waals surface area contributed by atoms with Gasteiger partial charge < -0.3 is 15.0 Å². The summed E-state index contributed by atoms with van der Waals surface area (Å²) < 4.78 is 1.67. The SMILES string of the molecule is Cn1cncc1C(=O)NC1CCCCC1O. The van der Waals surface area contributed by atoms with Gasteiger partial charge in [-0.3, -0.25) is 4.79 Å². The number of carbonyl (C=O) groups is 1. The number of aliphatic hydroxyl groups is 1. The van der Waals surface area contributed by atoms with Gasteiger partial charge in [-0.05, 0) is 12.8 Å². The van der Waals surface area contributed by atoms with Gasteiger partial charge in [-0.25, -0.2) is 4.98 Å². The second-order valence-electron chi connectivity index (χ2n) is 4.32. The van der Waals surface area contributed by atoms with Crippen LogP contribution in [-0.4, -0.2) is 32.7 Å². The van der Waals surface area contributed by atoms with Crippen molar-refractivity contribution >= 4 is 5.91 Å². The highest BCUT2D eigenvalue weighted by Gasteiger charge is 2.25. The Morgan fingerprint density at radius 3 is 2.94 bits per heavy atom. The molecule has 5 nitrogen and oxygen atoms in total. The molecule has 1 aromatic heterocycles. The van der Waals surface area contributed by atoms with E-state index in [4.69, 9.17) is 0 Å². The first-order chi connectivity index (χ1) is 7.68. The first-order valence-electron chi connectivity index (χ1n) is 5.63. The van der Waals surface area contributed by atoms with Crippen molar-refractivity contribution in [2.24, 2.45) is 7.05 Å². The zero-order valence-corrected chi connectivity index (χ0v) is 9.39. The van der Waals surface area contributed by atoms with E-state index in [-0.39, 0.29) is 11.9 Å². The number of imidazole rings is 1. The fourth-order valence-electron chi connectivity index (χ4n) is 2.10. The molecule has 88 valence electrons. The molecule has 1 heterocycles. The Morgan fingerprint density at radius 2 is 2.31 bits per heavy atom. The number of aromatic nitrogens is 2. The number of aliphatic hydroxyl groups excluding tert-OH is 1. The first kappa shape index (κ1) is 11.1. The summed E-state index contributed by atoms with van der Waals surface area (Å²) in [4.78, 5) is 15.8. The summed E-state index contributed by atoms with van der Waals surface area (Å²) in [7, 11) is 1.78. The predicted molar refractivity (Wildman–Crippen MR) is 58.9 cm³/mol. The second-order valence-corrected chi connectivity index (χ2v) is 4.32. The number of amides is 1. The van der Waals surface area contributed by atoms with E-state index >= 15 is 0 Å². The van der Waals surface area contributed by atoms with E-state index in [0.29, 0.717) is 5.69 Å². The Balaban J connectivity index is 1.99. The zero-order chi connectivity index (χ0) is 11.5. The molecule has 1 fully saturated rings. The molecule has 0 aromatic carbocycles. The molecule has 2 rings (SSSR count). The lowest BCUT2D eigenvalue weighted by Crippen LogP contribution is -2.45. The number of nitrogens with zero attached hydrogens (tertiary/aromatic N) is 2. The quantitative estimate of drug-likeness (QED) is 0.765. The van der Waals surface area contributed by atoms with Crippen molar-refractivity contribution in [1.29, 1.82) is 0 Å². The molecular formula is C11H17N3O2. The van der Waals surface area contributed by atoms with E-state index in [2.05, 4.69) is 10.3 Å². The van der Waals surface area contributed by atoms with Crippen LogP contribution in [0.3, 0.4) is 0 Å². The van der Waals surface area contributed by atoms with Crippen LogP contribution >= 0.6 is 0 Å². The van der Waals surface area contributed by atoms with Crippen molar-refractivity contribution in [1.82, 2.24) is 14.9 Å². The lowest BCUT2D eigenvalue weighted by molar-refractivity contribution is 0.0711. The summed E-state index contributed by atoms with van der Waals surface area (Å²) >= 11 is 0. The number of hydrogen-bond donors (Lipinski definition) is 2. The molecule has 0 aliphatic heterocycles. The Kier molecular flexibility index (Phi) is 3.24. The van der Waals surface area contributed by atoms with Crippen LogP contribution in [0.5, 0.6) is 0 Å². The third kappa shape index (κ3) is 2.24. The van der Waals surface area contributed by atoms with Gasteiger partial charge in [-0.1, -0.05) is 12.8 Å². The van der Waals surface area contributed by atoms with Crippen molar-refractivity contribution in [2.75, 3.05) is 0 Å². The van der Waals surface area contributed by atoms with E-state index in [9.17, 15) is 9.90 Å². The maximum atomic E-state index is 11.9. The van der Waals surface area contributed by atoms with Gasteiger partial charge in [0, 0.05) is 7.05 Å². The summed E-state index contributed by atoms with van der Waals surface area (Å²) in [6.45, 7) is 0. The summed E-state index contributed by atoms with van der Waals surface area (Å²) in [6.07, 6.45) is 6.44. The minimum Gasteiger partial charge on any atom is -0.391 e. The molecule has 1 aliphatic rings. The highest BCUT2D eigenvalue weighted by Crippen LogP contribution is 2.18. The topological polar surface area (TPSA) is 67.2 Å². The molecular weight excluding hydrogens is 206 g/mol. The number of nitrogens with one attached hydrogen (secondary N) is 1. The molecule has 2 unspecified atom stereocenters. The van der Waals surface area contributed by atoms with Gasteiger partial charge in [0.1, 0.15) is 5.69 Å². The second kappa shape index (κ2) is 4.65. The van der Waals surface area contributed by atoms with Crippen LogP contribution in [0.1, 0.15) is 36.2 Å². The predicted octanol–water partition coefficient (Wildman–Crippen LogP) is 0.453. The Morgan fingerprint density at radius 1 is 1.56 bits per heavy atom. The highest BCUT2D eigenvalue weighted by atomic mass is 16.3. The van der Waals surface area contributed by atoms with Gasteiger partial charge >= 0.3 is 0 Å². The lowest BCUT2D eigenvalue weighted by Gasteiger charge is -2.28. The molecule has 5 heteroatoms. The molecule has 2 N–H and O–H groups in total. The summed E-state index contributed by atoms with van der Waals surface area (Å²) in [6, 6.07) is -0.115. The molecule has 0 saturated heterocycles. The average Bonchev–Trinajstić information content (AvgIpc) is 2.68. The van der Waals surface area contributed by atoms with Crippen molar-refractivity contribution < 1.29 is 9.90 Å². The number of hydrogen-bond acceptors (Lipinski definition) is 3. The van der Waals surface area contributed by atoms with Crippen LogP contribution in [0.2, 0.25) is 0 Å². The molecule has 0 radical (unpaired) electrons. The van der Waals surface area contributed by atoms with Gasteiger partial charge in [0.25, 0.3) is 5.91 Å². The smallest absolute Gasteiger partial charge is 0.269 e. The lowest BCUT2D eigenvalue weighted by atomic mass is 9.92. The molecule has 1 amide bonds. The summed E-state index contributed by atoms with van der Waals surface area (Å²) in [5.74, 6) is -0.161. The normalized spacial score (nSPS) is 25.4. The van der Waals surface area contributed by atoms with Crippen molar-refractivity contribution in [3.63, 3.8) is 0 Å². The number of carbonyl (C=O) groups excluding carboxylic acids is 1. The van der Waals surface area contributed by atoms with E-state index in [1.54, 1.807) is 17.9 Å². The van der Waals surface area contributed by atoms with Gasteiger partial charge in [0.15, 0.2) is 0 Å². The van der Waals surface area contributed by atoms with Crippen LogP contribution in [0.15, 0.2) is 12.5 Å². The van der Waals surface area contributed by atoms with Crippen LogP contribution in [0, 0.1) is 0 Å². The standard InChI is InChI=1S/C11H17N3O2/c1-14-7-12-6-9(14)11(16)13-8-4-2-3-5-10(8)15/h6-8,10,15H,2-5H2,1H3,(H,13,16). The van der Waals surface area contributed by atoms with Gasteiger partial charge in [-0.15, -0.1) is 0 Å². The van der Waals surface area contributed by atoms with Crippen LogP contribution in [0.25, 0.3) is 0 Å². The minimum absolute atomic E-state index is 0.115. The van der Waals surface area contributed by atoms with Gasteiger partial charge in [-0.2, -0.15) is 0 Å². The minimum atomic E-state index is -0.411. The highest BCUT2D eigenvalue weighted by molar-refractivity contribution is 5.92. The Bertz CT molecular complexity index is 375. The summed E-state index contributed by atoms with van der Waals surface area (Å²) in [5.41, 5.74) is 0.526. The molecule has 1 aromatic rings. The maximum absolute atomic E-state index is 11.9. The Labute approximate surface area is 94.5 Å². The number of aryl methyl sites for hydroxylation is 1. The van der Waals surface area contributed by atoms with E-state index in [1.807, 2.05) is 0 Å². The zero-order valence-electron chi connectivity index (χ0n) is 9.39. The third-order valence-corrected chi connectivity index (χ3v) is 3.10. The summed E-state index contributed by atoms with van der Waals surface area (Å²) in [5, 5.41) is 12.6. The molecule has 2 atom stereocenters. The van der Waals surface area contributed by atoms with Gasteiger partial charge in [0.05, 0.1) is 24.7 Å². The first-order valence-corrected chi connectivity index (χ1v) is 5.63. The molecule has 16 heavy (non-hydrogen) atoms. The van der Waals surface area contributed by atoms with Gasteiger partial charge in [0.2, 0.25) is 0 Å². The van der Waals surface area contributed by atoms with Crippen LogP contribution in [-0.2, 0) is 7.05 Å². The largest absolute Gasteiger partial charge is 0.391 e. The van der Waals surface area contributed by atoms with E-state index in [0.717, 1.165) is 25.7 Å². The molecule has 1 saturated carbocycles. The van der Waals surface area contributed by atoms with E-state index < -0.39 is 6.10 Å². The van der Waals surface area contributed by atoms with Crippen molar-refractivity contribution in [2.45, 2.75) is 37.8 Å². The van der Waals surface area contributed by atoms with Crippen LogP contribution < -0.4 is 5.32 Å². The van der Waals surface area contributed by atoms with Crippen molar-refractivity contribution in [3.05, 3.63) is 18.2 Å². The maximum Gasteiger partial charge on any atom is 0.269 e. The number of rotatable bonds is 2. The molecule has 0 bridgehead atoms.